The van der Waals surface area contributed by atoms with E-state index in [2.05, 4.69) is 22.0 Å². The zero-order chi connectivity index (χ0) is 21.3. The van der Waals surface area contributed by atoms with Crippen LogP contribution in [0.15, 0.2) is 47.5 Å². The van der Waals surface area contributed by atoms with Crippen molar-refractivity contribution in [2.24, 2.45) is 4.99 Å². The fourth-order valence-electron chi connectivity index (χ4n) is 3.61. The number of aliphatic imine (C=N–C) groups is 1. The number of piperazine rings is 1. The fourth-order valence-corrected chi connectivity index (χ4v) is 3.61. The summed E-state index contributed by atoms with van der Waals surface area (Å²) in [6.45, 7) is 7.80. The van der Waals surface area contributed by atoms with E-state index in [-0.39, 0.29) is 17.3 Å². The predicted octanol–water partition coefficient (Wildman–Crippen LogP) is 2.87. The van der Waals surface area contributed by atoms with E-state index < -0.39 is 0 Å². The van der Waals surface area contributed by atoms with Crippen LogP contribution in [0.1, 0.15) is 18.1 Å². The van der Waals surface area contributed by atoms with Gasteiger partial charge in [0.15, 0.2) is 17.5 Å². The molecule has 1 saturated heterocycles. The zero-order valence-corrected chi connectivity index (χ0v) is 17.8. The van der Waals surface area contributed by atoms with E-state index in [0.717, 1.165) is 62.8 Å². The molecular weight excluding hydrogens is 383 g/mol. The van der Waals surface area contributed by atoms with Gasteiger partial charge in [-0.1, -0.05) is 18.2 Å². The number of phenolic OH excluding ortho intramolecular Hbond substituents is 1. The molecule has 1 heterocycles. The molecule has 2 aromatic rings. The van der Waals surface area contributed by atoms with Crippen molar-refractivity contribution in [1.82, 2.24) is 15.1 Å². The van der Waals surface area contributed by atoms with Crippen molar-refractivity contribution in [3.8, 4) is 11.5 Å². The summed E-state index contributed by atoms with van der Waals surface area (Å²) in [4.78, 5) is 9.37. The number of aromatic hydroxyl groups is 1. The molecule has 0 unspecified atom stereocenters. The molecule has 0 atom stereocenters. The maximum Gasteiger partial charge on any atom is 0.194 e. The lowest BCUT2D eigenvalue weighted by Crippen LogP contribution is -2.52. The number of methoxy groups -OCH3 is 1. The van der Waals surface area contributed by atoms with Crippen LogP contribution in [0.3, 0.4) is 0 Å². The molecule has 30 heavy (non-hydrogen) atoms. The average Bonchev–Trinajstić information content (AvgIpc) is 2.74. The summed E-state index contributed by atoms with van der Waals surface area (Å²) >= 11 is 0. The first kappa shape index (κ1) is 21.9. The number of phenols is 1. The van der Waals surface area contributed by atoms with Crippen LogP contribution in [0.25, 0.3) is 0 Å². The summed E-state index contributed by atoms with van der Waals surface area (Å²) < 4.78 is 18.9. The monoisotopic (exact) mass is 414 g/mol. The van der Waals surface area contributed by atoms with E-state index >= 15 is 0 Å². The van der Waals surface area contributed by atoms with E-state index in [4.69, 9.17) is 9.73 Å². The lowest BCUT2D eigenvalue weighted by atomic mass is 10.1. The Bertz CT molecular complexity index is 851. The van der Waals surface area contributed by atoms with E-state index in [0.29, 0.717) is 6.54 Å². The summed E-state index contributed by atoms with van der Waals surface area (Å²) in [5.41, 5.74) is 2.03. The van der Waals surface area contributed by atoms with Crippen molar-refractivity contribution >= 4 is 5.96 Å². The molecule has 0 amide bonds. The number of ether oxygens (including phenoxy) is 1. The number of hydrogen-bond donors (Lipinski definition) is 2. The van der Waals surface area contributed by atoms with Crippen LogP contribution in [0.4, 0.5) is 4.39 Å². The Morgan fingerprint density at radius 3 is 2.60 bits per heavy atom. The van der Waals surface area contributed by atoms with Gasteiger partial charge in [-0.2, -0.15) is 0 Å². The van der Waals surface area contributed by atoms with Gasteiger partial charge in [0, 0.05) is 45.8 Å². The molecular formula is C23H31FN4O2. The Morgan fingerprint density at radius 1 is 1.13 bits per heavy atom. The second-order valence-electron chi connectivity index (χ2n) is 7.39. The molecule has 162 valence electrons. The van der Waals surface area contributed by atoms with Gasteiger partial charge in [-0.05, 0) is 48.7 Å². The maximum atomic E-state index is 13.9. The average molecular weight is 415 g/mol. The first-order valence-electron chi connectivity index (χ1n) is 10.4. The highest BCUT2D eigenvalue weighted by molar-refractivity contribution is 5.80. The van der Waals surface area contributed by atoms with Gasteiger partial charge in [0.1, 0.15) is 5.75 Å². The quantitative estimate of drug-likeness (QED) is 0.539. The van der Waals surface area contributed by atoms with E-state index in [1.165, 1.54) is 7.11 Å². The summed E-state index contributed by atoms with van der Waals surface area (Å²) in [6, 6.07) is 12.5. The van der Waals surface area contributed by atoms with Crippen molar-refractivity contribution in [3.05, 3.63) is 59.4 Å². The lowest BCUT2D eigenvalue weighted by Gasteiger charge is -2.36. The van der Waals surface area contributed by atoms with Crippen LogP contribution in [0.5, 0.6) is 11.5 Å². The molecule has 2 aromatic carbocycles. The molecule has 0 spiro atoms. The maximum absolute atomic E-state index is 13.9. The third-order valence-corrected chi connectivity index (χ3v) is 5.20. The first-order valence-corrected chi connectivity index (χ1v) is 10.4. The molecule has 0 aromatic heterocycles. The highest BCUT2D eigenvalue weighted by Crippen LogP contribution is 2.19. The standard InChI is InChI=1S/C23H31FN4O2/c1-3-25-23(26-10-9-18-5-4-6-20(29)15-18)28-13-11-27(12-14-28)17-19-7-8-22(30-2)21(24)16-19/h4-8,15-16,29H,3,9-14,17H2,1-2H3,(H,25,26). The number of benzene rings is 2. The second-order valence-corrected chi connectivity index (χ2v) is 7.39. The van der Waals surface area contributed by atoms with Gasteiger partial charge in [-0.15, -0.1) is 0 Å². The van der Waals surface area contributed by atoms with Crippen molar-refractivity contribution in [2.45, 2.75) is 19.9 Å². The minimum atomic E-state index is -0.318. The molecule has 0 radical (unpaired) electrons. The third-order valence-electron chi connectivity index (χ3n) is 5.20. The topological polar surface area (TPSA) is 60.3 Å². The number of rotatable bonds is 7. The first-order chi connectivity index (χ1) is 14.6. The Morgan fingerprint density at radius 2 is 1.93 bits per heavy atom. The summed E-state index contributed by atoms with van der Waals surface area (Å²) in [6.07, 6.45) is 0.784. The molecule has 0 saturated carbocycles. The molecule has 1 aliphatic heterocycles. The van der Waals surface area contributed by atoms with Gasteiger partial charge in [-0.25, -0.2) is 4.39 Å². The van der Waals surface area contributed by atoms with E-state index in [1.54, 1.807) is 24.3 Å². The predicted molar refractivity (Wildman–Crippen MR) is 118 cm³/mol. The largest absolute Gasteiger partial charge is 0.508 e. The van der Waals surface area contributed by atoms with Gasteiger partial charge >= 0.3 is 0 Å². The van der Waals surface area contributed by atoms with Crippen LogP contribution in [-0.4, -0.2) is 67.2 Å². The molecule has 3 rings (SSSR count). The van der Waals surface area contributed by atoms with Crippen LogP contribution in [0, 0.1) is 5.82 Å². The second kappa shape index (κ2) is 10.8. The van der Waals surface area contributed by atoms with Crippen molar-refractivity contribution in [1.29, 1.82) is 0 Å². The summed E-state index contributed by atoms with van der Waals surface area (Å²) in [5.74, 6) is 1.17. The Kier molecular flexibility index (Phi) is 7.90. The van der Waals surface area contributed by atoms with Gasteiger partial charge < -0.3 is 20.1 Å². The van der Waals surface area contributed by atoms with Crippen LogP contribution >= 0.6 is 0 Å². The van der Waals surface area contributed by atoms with Crippen molar-refractivity contribution < 1.29 is 14.2 Å². The Labute approximate surface area is 178 Å². The van der Waals surface area contributed by atoms with Crippen LogP contribution in [-0.2, 0) is 13.0 Å². The van der Waals surface area contributed by atoms with Gasteiger partial charge in [0.25, 0.3) is 0 Å². The minimum Gasteiger partial charge on any atom is -0.508 e. The zero-order valence-electron chi connectivity index (χ0n) is 17.8. The SMILES string of the molecule is CCNC(=NCCc1cccc(O)c1)N1CCN(Cc2ccc(OC)c(F)c2)CC1. The van der Waals surface area contributed by atoms with E-state index in [9.17, 15) is 9.50 Å². The number of guanidine groups is 1. The molecule has 2 N–H and O–H groups in total. The number of nitrogens with one attached hydrogen (secondary N) is 1. The molecule has 6 nitrogen and oxygen atoms in total. The lowest BCUT2D eigenvalue weighted by molar-refractivity contribution is 0.172. The summed E-state index contributed by atoms with van der Waals surface area (Å²) in [5, 5.41) is 13.0. The molecule has 0 bridgehead atoms. The highest BCUT2D eigenvalue weighted by atomic mass is 19.1. The van der Waals surface area contributed by atoms with Gasteiger partial charge in [0.05, 0.1) is 7.11 Å². The molecule has 0 aliphatic carbocycles. The summed E-state index contributed by atoms with van der Waals surface area (Å²) in [7, 11) is 1.48. The number of halogens is 1. The number of nitrogens with zero attached hydrogens (tertiary/aromatic N) is 3. The normalized spacial score (nSPS) is 15.3. The van der Waals surface area contributed by atoms with E-state index in [1.807, 2.05) is 18.2 Å². The van der Waals surface area contributed by atoms with Crippen LogP contribution in [0.2, 0.25) is 0 Å². The van der Waals surface area contributed by atoms with Crippen LogP contribution < -0.4 is 10.1 Å². The fraction of sp³-hybridized carbons (Fsp3) is 0.435. The molecule has 7 heteroatoms. The van der Waals surface area contributed by atoms with Gasteiger partial charge in [0.2, 0.25) is 0 Å². The highest BCUT2D eigenvalue weighted by Gasteiger charge is 2.20. The van der Waals surface area contributed by atoms with Crippen molar-refractivity contribution in [2.75, 3.05) is 46.4 Å². The molecule has 1 fully saturated rings. The third kappa shape index (κ3) is 6.10. The molecule has 1 aliphatic rings. The van der Waals surface area contributed by atoms with Crippen molar-refractivity contribution in [3.63, 3.8) is 0 Å². The number of hydrogen-bond acceptors (Lipinski definition) is 4. The Hall–Kier alpha value is -2.80. The van der Waals surface area contributed by atoms with Gasteiger partial charge in [-0.3, -0.25) is 9.89 Å². The Balaban J connectivity index is 1.52. The minimum absolute atomic E-state index is 0.278. The smallest absolute Gasteiger partial charge is 0.194 e.